The van der Waals surface area contributed by atoms with Crippen molar-refractivity contribution < 1.29 is 17.9 Å². The summed E-state index contributed by atoms with van der Waals surface area (Å²) in [6.45, 7) is 3.77. The van der Waals surface area contributed by atoms with E-state index in [2.05, 4.69) is 5.32 Å². The van der Waals surface area contributed by atoms with E-state index in [9.17, 15) is 13.2 Å². The minimum atomic E-state index is -3.31. The molecule has 2 rings (SSSR count). The van der Waals surface area contributed by atoms with Crippen LogP contribution in [0.25, 0.3) is 0 Å². The summed E-state index contributed by atoms with van der Waals surface area (Å²) in [7, 11) is -3.31. The van der Waals surface area contributed by atoms with Gasteiger partial charge in [-0.1, -0.05) is 6.07 Å². The zero-order valence-corrected chi connectivity index (χ0v) is 13.9. The Morgan fingerprint density at radius 2 is 2.09 bits per heavy atom. The van der Waals surface area contributed by atoms with Crippen molar-refractivity contribution >= 4 is 15.7 Å². The predicted molar refractivity (Wildman–Crippen MR) is 84.8 cm³/mol. The maximum Gasteiger partial charge on any atom is 0.251 e. The first kappa shape index (κ1) is 17.0. The summed E-state index contributed by atoms with van der Waals surface area (Å²) in [5, 5.41) is 2.81. The molecule has 1 fully saturated rings. The van der Waals surface area contributed by atoms with Crippen molar-refractivity contribution in [3.05, 3.63) is 29.3 Å². The molecular formula is C16H23NO4S. The summed E-state index contributed by atoms with van der Waals surface area (Å²) in [6.07, 6.45) is 4.43. The predicted octanol–water partition coefficient (Wildman–Crippen LogP) is 1.95. The second-order valence-corrected chi connectivity index (χ2v) is 7.89. The first-order valence-corrected chi connectivity index (χ1v) is 9.43. The second kappa shape index (κ2) is 7.24. The van der Waals surface area contributed by atoms with Gasteiger partial charge in [-0.3, -0.25) is 4.79 Å². The molecule has 0 aliphatic heterocycles. The molecule has 0 saturated heterocycles. The fourth-order valence-electron chi connectivity index (χ4n) is 2.08. The lowest BCUT2D eigenvalue weighted by Gasteiger charge is -2.09. The van der Waals surface area contributed by atoms with Crippen molar-refractivity contribution in [3.63, 3.8) is 0 Å². The van der Waals surface area contributed by atoms with Gasteiger partial charge in [-0.05, 0) is 49.8 Å². The number of rotatable bonds is 8. The van der Waals surface area contributed by atoms with E-state index in [0.717, 1.165) is 30.8 Å². The summed E-state index contributed by atoms with van der Waals surface area (Å²) in [4.78, 5) is 12.3. The van der Waals surface area contributed by atoms with Crippen molar-refractivity contribution in [1.82, 2.24) is 5.32 Å². The van der Waals surface area contributed by atoms with Crippen LogP contribution in [0, 0.1) is 12.8 Å². The van der Waals surface area contributed by atoms with Crippen LogP contribution >= 0.6 is 0 Å². The van der Waals surface area contributed by atoms with Crippen LogP contribution in [0.15, 0.2) is 23.1 Å². The summed E-state index contributed by atoms with van der Waals surface area (Å²) in [5.74, 6) is 0.501. The molecule has 22 heavy (non-hydrogen) atoms. The number of carbonyl (C=O) groups excluding carboxylic acids is 1. The third kappa shape index (κ3) is 5.10. The van der Waals surface area contributed by atoms with Gasteiger partial charge in [0, 0.05) is 31.6 Å². The highest BCUT2D eigenvalue weighted by atomic mass is 32.2. The molecule has 0 aromatic heterocycles. The number of hydrogen-bond donors (Lipinski definition) is 1. The molecular weight excluding hydrogens is 302 g/mol. The summed E-state index contributed by atoms with van der Waals surface area (Å²) < 4.78 is 28.6. The Morgan fingerprint density at radius 3 is 2.73 bits per heavy atom. The largest absolute Gasteiger partial charge is 0.381 e. The van der Waals surface area contributed by atoms with Crippen molar-refractivity contribution in [2.45, 2.75) is 31.1 Å². The summed E-state index contributed by atoms with van der Waals surface area (Å²) in [6, 6.07) is 4.61. The van der Waals surface area contributed by atoms with Crippen molar-refractivity contribution in [2.24, 2.45) is 5.92 Å². The standard InChI is InChI=1S/C16H23NO4S/c1-12-4-7-14(22(2,19)20)10-15(12)16(18)17-8-3-9-21-11-13-5-6-13/h4,7,10,13H,3,5-6,8-9,11H2,1-2H3,(H,17,18). The molecule has 0 heterocycles. The van der Waals surface area contributed by atoms with Gasteiger partial charge in [0.15, 0.2) is 9.84 Å². The average molecular weight is 325 g/mol. The molecule has 0 atom stereocenters. The maximum atomic E-state index is 12.1. The monoisotopic (exact) mass is 325 g/mol. The smallest absolute Gasteiger partial charge is 0.251 e. The van der Waals surface area contributed by atoms with Gasteiger partial charge in [0.1, 0.15) is 0 Å². The van der Waals surface area contributed by atoms with E-state index in [4.69, 9.17) is 4.74 Å². The number of ether oxygens (including phenoxy) is 1. The van der Waals surface area contributed by atoms with Crippen LogP contribution in [0.2, 0.25) is 0 Å². The van der Waals surface area contributed by atoms with Crippen LogP contribution < -0.4 is 5.32 Å². The fraction of sp³-hybridized carbons (Fsp3) is 0.562. The third-order valence-electron chi connectivity index (χ3n) is 3.68. The van der Waals surface area contributed by atoms with E-state index in [1.165, 1.54) is 25.0 Å². The summed E-state index contributed by atoms with van der Waals surface area (Å²) >= 11 is 0. The minimum absolute atomic E-state index is 0.163. The number of nitrogens with one attached hydrogen (secondary N) is 1. The van der Waals surface area contributed by atoms with Gasteiger partial charge in [0.25, 0.3) is 5.91 Å². The molecule has 0 unspecified atom stereocenters. The molecule has 1 aliphatic rings. The second-order valence-electron chi connectivity index (χ2n) is 5.88. The molecule has 6 heteroatoms. The van der Waals surface area contributed by atoms with Gasteiger partial charge in [-0.25, -0.2) is 8.42 Å². The Balaban J connectivity index is 1.83. The number of benzene rings is 1. The van der Waals surface area contributed by atoms with Gasteiger partial charge in [0.05, 0.1) is 4.90 Å². The van der Waals surface area contributed by atoms with Crippen LogP contribution in [0.1, 0.15) is 35.2 Å². The normalized spacial score (nSPS) is 14.8. The van der Waals surface area contributed by atoms with Crippen LogP contribution in [0.4, 0.5) is 0 Å². The lowest BCUT2D eigenvalue weighted by Crippen LogP contribution is -2.26. The molecule has 1 aromatic carbocycles. The molecule has 1 saturated carbocycles. The molecule has 0 spiro atoms. The van der Waals surface area contributed by atoms with Crippen molar-refractivity contribution in [2.75, 3.05) is 26.0 Å². The van der Waals surface area contributed by atoms with Gasteiger partial charge in [-0.15, -0.1) is 0 Å². The van der Waals surface area contributed by atoms with E-state index in [-0.39, 0.29) is 10.8 Å². The number of sulfone groups is 1. The highest BCUT2D eigenvalue weighted by Gasteiger charge is 2.20. The maximum absolute atomic E-state index is 12.1. The summed E-state index contributed by atoms with van der Waals surface area (Å²) in [5.41, 5.74) is 1.16. The van der Waals surface area contributed by atoms with Crippen LogP contribution in [0.5, 0.6) is 0 Å². The fourth-order valence-corrected chi connectivity index (χ4v) is 2.73. The van der Waals surface area contributed by atoms with E-state index in [0.29, 0.717) is 18.7 Å². The van der Waals surface area contributed by atoms with Crippen LogP contribution in [-0.2, 0) is 14.6 Å². The average Bonchev–Trinajstić information content (AvgIpc) is 3.25. The Morgan fingerprint density at radius 1 is 1.36 bits per heavy atom. The van der Waals surface area contributed by atoms with Crippen LogP contribution in [0.3, 0.4) is 0 Å². The first-order chi connectivity index (χ1) is 10.4. The zero-order valence-electron chi connectivity index (χ0n) is 13.1. The van der Waals surface area contributed by atoms with Gasteiger partial charge in [0.2, 0.25) is 0 Å². The quantitative estimate of drug-likeness (QED) is 0.742. The SMILES string of the molecule is Cc1ccc(S(C)(=O)=O)cc1C(=O)NCCCOCC1CC1. The molecule has 1 N–H and O–H groups in total. The molecule has 122 valence electrons. The van der Waals surface area contributed by atoms with E-state index >= 15 is 0 Å². The highest BCUT2D eigenvalue weighted by molar-refractivity contribution is 7.90. The number of carbonyl (C=O) groups is 1. The molecule has 0 radical (unpaired) electrons. The Bertz CT molecular complexity index is 636. The molecule has 1 aliphatic carbocycles. The van der Waals surface area contributed by atoms with Crippen molar-refractivity contribution in [3.8, 4) is 0 Å². The number of amides is 1. The van der Waals surface area contributed by atoms with Gasteiger partial charge >= 0.3 is 0 Å². The topological polar surface area (TPSA) is 72.5 Å². The third-order valence-corrected chi connectivity index (χ3v) is 4.79. The van der Waals surface area contributed by atoms with E-state index in [1.807, 2.05) is 0 Å². The lowest BCUT2D eigenvalue weighted by atomic mass is 10.1. The first-order valence-electron chi connectivity index (χ1n) is 7.54. The minimum Gasteiger partial charge on any atom is -0.381 e. The number of aryl methyl sites for hydroxylation is 1. The molecule has 1 amide bonds. The Hall–Kier alpha value is -1.40. The van der Waals surface area contributed by atoms with Gasteiger partial charge in [-0.2, -0.15) is 0 Å². The highest BCUT2D eigenvalue weighted by Crippen LogP contribution is 2.28. The Labute approximate surface area is 132 Å². The lowest BCUT2D eigenvalue weighted by molar-refractivity contribution is 0.0936. The number of hydrogen-bond acceptors (Lipinski definition) is 4. The molecule has 1 aromatic rings. The van der Waals surface area contributed by atoms with E-state index < -0.39 is 9.84 Å². The Kier molecular flexibility index (Phi) is 5.58. The van der Waals surface area contributed by atoms with Crippen LogP contribution in [-0.4, -0.2) is 40.3 Å². The van der Waals surface area contributed by atoms with Gasteiger partial charge < -0.3 is 10.1 Å². The van der Waals surface area contributed by atoms with Crippen molar-refractivity contribution in [1.29, 1.82) is 0 Å². The molecule has 0 bridgehead atoms. The molecule has 5 nitrogen and oxygen atoms in total. The van der Waals surface area contributed by atoms with E-state index in [1.54, 1.807) is 13.0 Å². The zero-order chi connectivity index (χ0) is 16.2.